The number of aliphatic carboxylic acids is 1. The van der Waals surface area contributed by atoms with E-state index in [1.807, 2.05) is 0 Å². The molecular formula is C29H40N8O6. The summed E-state index contributed by atoms with van der Waals surface area (Å²) in [6, 6.07) is 13.0. The van der Waals surface area contributed by atoms with Crippen LogP contribution in [-0.2, 0) is 36.8 Å². The number of carbonyl (C=O) groups is 5. The van der Waals surface area contributed by atoms with E-state index in [1.165, 1.54) is 0 Å². The molecule has 0 saturated carbocycles. The summed E-state index contributed by atoms with van der Waals surface area (Å²) in [5.74, 6) is -4.10. The van der Waals surface area contributed by atoms with Crippen molar-refractivity contribution in [3.63, 3.8) is 0 Å². The summed E-state index contributed by atoms with van der Waals surface area (Å²) in [5.41, 5.74) is 23.1. The lowest BCUT2D eigenvalue weighted by atomic mass is 10.0. The fourth-order valence-corrected chi connectivity index (χ4v) is 4.13. The van der Waals surface area contributed by atoms with Crippen molar-refractivity contribution in [1.82, 2.24) is 16.0 Å². The number of nitrogens with zero attached hydrogens (tertiary/aromatic N) is 1. The van der Waals surface area contributed by atoms with Gasteiger partial charge >= 0.3 is 5.97 Å². The molecule has 0 aliphatic rings. The van der Waals surface area contributed by atoms with Gasteiger partial charge in [0, 0.05) is 25.8 Å². The Hall–Kier alpha value is -4.98. The highest BCUT2D eigenvalue weighted by Gasteiger charge is 2.30. The van der Waals surface area contributed by atoms with Crippen LogP contribution in [0.25, 0.3) is 0 Å². The number of carboxylic acid groups (broad SMARTS) is 1. The normalized spacial score (nSPS) is 13.4. The summed E-state index contributed by atoms with van der Waals surface area (Å²) in [4.78, 5) is 66.6. The fourth-order valence-electron chi connectivity index (χ4n) is 4.13. The third-order valence-electron chi connectivity index (χ3n) is 6.43. The molecule has 0 heterocycles. The molecule has 0 saturated heterocycles. The second kappa shape index (κ2) is 17.7. The van der Waals surface area contributed by atoms with Crippen LogP contribution in [-0.4, -0.2) is 71.4 Å². The third kappa shape index (κ3) is 13.0. The van der Waals surface area contributed by atoms with Crippen LogP contribution in [0.1, 0.15) is 36.8 Å². The highest BCUT2D eigenvalue weighted by molar-refractivity contribution is 5.94. The van der Waals surface area contributed by atoms with Gasteiger partial charge in [0.05, 0.1) is 6.04 Å². The van der Waals surface area contributed by atoms with Gasteiger partial charge in [-0.2, -0.15) is 0 Å². The molecule has 0 spiro atoms. The van der Waals surface area contributed by atoms with Crippen LogP contribution in [0.3, 0.4) is 0 Å². The number of carboxylic acids is 1. The Labute approximate surface area is 249 Å². The maximum atomic E-state index is 13.6. The van der Waals surface area contributed by atoms with Crippen LogP contribution in [0.5, 0.6) is 0 Å². The maximum absolute atomic E-state index is 13.6. The summed E-state index contributed by atoms with van der Waals surface area (Å²) >= 11 is 0. The summed E-state index contributed by atoms with van der Waals surface area (Å²) in [6.07, 6.45) is 0.317. The lowest BCUT2D eigenvalue weighted by molar-refractivity contribution is -0.142. The summed E-state index contributed by atoms with van der Waals surface area (Å²) in [6.45, 7) is 0.175. The average molecular weight is 597 g/mol. The molecule has 232 valence electrons. The number of hydrogen-bond donors (Lipinski definition) is 8. The van der Waals surface area contributed by atoms with Gasteiger partial charge in [0.1, 0.15) is 18.1 Å². The first-order valence-electron chi connectivity index (χ1n) is 13.8. The lowest BCUT2D eigenvalue weighted by Crippen LogP contribution is -2.58. The molecule has 14 heteroatoms. The summed E-state index contributed by atoms with van der Waals surface area (Å²) in [7, 11) is 0. The highest BCUT2D eigenvalue weighted by atomic mass is 16.4. The molecule has 0 fully saturated rings. The molecule has 2 rings (SSSR count). The highest BCUT2D eigenvalue weighted by Crippen LogP contribution is 2.09. The zero-order chi connectivity index (χ0) is 31.8. The number of benzene rings is 2. The van der Waals surface area contributed by atoms with Crippen molar-refractivity contribution in [2.24, 2.45) is 27.9 Å². The molecule has 2 aromatic carbocycles. The first-order valence-corrected chi connectivity index (χ1v) is 13.8. The Balaban J connectivity index is 2.26. The molecule has 0 radical (unpaired) electrons. The predicted octanol–water partition coefficient (Wildman–Crippen LogP) is -1.34. The Morgan fingerprint density at radius 3 is 1.60 bits per heavy atom. The van der Waals surface area contributed by atoms with Crippen molar-refractivity contribution >= 4 is 35.6 Å². The van der Waals surface area contributed by atoms with E-state index in [0.29, 0.717) is 5.56 Å². The van der Waals surface area contributed by atoms with Gasteiger partial charge in [-0.1, -0.05) is 60.7 Å². The minimum atomic E-state index is -1.26. The van der Waals surface area contributed by atoms with Crippen LogP contribution >= 0.6 is 0 Å². The first kappa shape index (κ1) is 34.2. The molecule has 43 heavy (non-hydrogen) atoms. The SMILES string of the molecule is NC(=O)CCC(N)C(=O)NC(Cc1ccccc1)C(=O)NC(Cc1ccccc1)C(=O)NC(CCCN=C(N)N)C(=O)O. The van der Waals surface area contributed by atoms with E-state index in [9.17, 15) is 29.1 Å². The van der Waals surface area contributed by atoms with E-state index in [2.05, 4.69) is 20.9 Å². The van der Waals surface area contributed by atoms with Crippen LogP contribution in [0, 0.1) is 0 Å². The molecule has 0 aliphatic heterocycles. The molecule has 4 atom stereocenters. The van der Waals surface area contributed by atoms with Gasteiger partial charge in [0.2, 0.25) is 23.6 Å². The van der Waals surface area contributed by atoms with Crippen molar-refractivity contribution in [2.75, 3.05) is 6.54 Å². The Kier molecular flexibility index (Phi) is 14.1. The number of primary amides is 1. The number of rotatable bonds is 18. The van der Waals surface area contributed by atoms with Crippen molar-refractivity contribution in [1.29, 1.82) is 0 Å². The molecule has 14 nitrogen and oxygen atoms in total. The van der Waals surface area contributed by atoms with E-state index in [4.69, 9.17) is 22.9 Å². The first-order chi connectivity index (χ1) is 20.5. The van der Waals surface area contributed by atoms with Crippen molar-refractivity contribution < 1.29 is 29.1 Å². The molecule has 4 unspecified atom stereocenters. The quantitative estimate of drug-likeness (QED) is 0.0574. The molecule has 0 aliphatic carbocycles. The molecule has 12 N–H and O–H groups in total. The largest absolute Gasteiger partial charge is 0.480 e. The molecule has 4 amide bonds. The van der Waals surface area contributed by atoms with E-state index in [1.54, 1.807) is 60.7 Å². The van der Waals surface area contributed by atoms with Gasteiger partial charge in [-0.05, 0) is 30.4 Å². The number of guanidine groups is 1. The fraction of sp³-hybridized carbons (Fsp3) is 0.379. The average Bonchev–Trinajstić information content (AvgIpc) is 2.97. The Morgan fingerprint density at radius 1 is 0.698 bits per heavy atom. The minimum absolute atomic E-state index is 0.0142. The minimum Gasteiger partial charge on any atom is -0.480 e. The maximum Gasteiger partial charge on any atom is 0.326 e. The molecule has 0 aromatic heterocycles. The van der Waals surface area contributed by atoms with Crippen molar-refractivity contribution in [3.05, 3.63) is 71.8 Å². The van der Waals surface area contributed by atoms with Gasteiger partial charge in [0.15, 0.2) is 5.96 Å². The van der Waals surface area contributed by atoms with Crippen molar-refractivity contribution in [2.45, 2.75) is 62.7 Å². The monoisotopic (exact) mass is 596 g/mol. The number of nitrogens with one attached hydrogen (secondary N) is 3. The van der Waals surface area contributed by atoms with E-state index in [0.717, 1.165) is 5.56 Å². The van der Waals surface area contributed by atoms with Crippen LogP contribution in [0.2, 0.25) is 0 Å². The predicted molar refractivity (Wildman–Crippen MR) is 160 cm³/mol. The van der Waals surface area contributed by atoms with Crippen molar-refractivity contribution in [3.8, 4) is 0 Å². The van der Waals surface area contributed by atoms with Gasteiger partial charge in [-0.3, -0.25) is 24.2 Å². The second-order valence-corrected chi connectivity index (χ2v) is 9.96. The van der Waals surface area contributed by atoms with E-state index >= 15 is 0 Å². The third-order valence-corrected chi connectivity index (χ3v) is 6.43. The van der Waals surface area contributed by atoms with Gasteiger partial charge in [-0.25, -0.2) is 4.79 Å². The second-order valence-electron chi connectivity index (χ2n) is 9.96. The number of amides is 4. The number of aliphatic imine (C=N–C) groups is 1. The molecule has 2 aromatic rings. The Morgan fingerprint density at radius 2 is 1.16 bits per heavy atom. The standard InChI is InChI=1S/C29H40N8O6/c30-20(13-14-24(31)38)25(39)36-22(16-18-8-3-1-4-9-18)27(41)37-23(17-19-10-5-2-6-11-19)26(40)35-21(28(42)43)12-7-15-34-29(32)33/h1-6,8-11,20-23H,7,12-17,30H2,(H2,31,38)(H,35,40)(H,36,39)(H,37,41)(H,42,43)(H4,32,33,34). The zero-order valence-corrected chi connectivity index (χ0v) is 23.8. The Bertz CT molecular complexity index is 1250. The number of nitrogens with two attached hydrogens (primary N) is 4. The smallest absolute Gasteiger partial charge is 0.326 e. The van der Waals surface area contributed by atoms with Gasteiger partial charge in [-0.15, -0.1) is 0 Å². The van der Waals surface area contributed by atoms with E-state index in [-0.39, 0.29) is 51.0 Å². The molecule has 0 bridgehead atoms. The lowest BCUT2D eigenvalue weighted by Gasteiger charge is -2.25. The summed E-state index contributed by atoms with van der Waals surface area (Å²) < 4.78 is 0. The van der Waals surface area contributed by atoms with Crippen LogP contribution < -0.4 is 38.9 Å². The zero-order valence-electron chi connectivity index (χ0n) is 23.8. The van der Waals surface area contributed by atoms with Crippen LogP contribution in [0.15, 0.2) is 65.7 Å². The van der Waals surface area contributed by atoms with Gasteiger partial charge < -0.3 is 44.0 Å². The molecular weight excluding hydrogens is 556 g/mol. The van der Waals surface area contributed by atoms with E-state index < -0.39 is 53.8 Å². The number of hydrogen-bond acceptors (Lipinski definition) is 7. The summed E-state index contributed by atoms with van der Waals surface area (Å²) in [5, 5.41) is 17.5. The van der Waals surface area contributed by atoms with Crippen LogP contribution in [0.4, 0.5) is 0 Å². The van der Waals surface area contributed by atoms with Gasteiger partial charge in [0.25, 0.3) is 0 Å². The topological polar surface area (TPSA) is 258 Å². The number of carbonyl (C=O) groups excluding carboxylic acids is 4.